The Labute approximate surface area is 217 Å². The van der Waals surface area contributed by atoms with Gasteiger partial charge < -0.3 is 9.47 Å². The van der Waals surface area contributed by atoms with Crippen LogP contribution in [0.5, 0.6) is 0 Å². The number of para-hydroxylation sites is 2. The lowest BCUT2D eigenvalue weighted by Gasteiger charge is -2.32. The molecule has 5 aromatic carbocycles. The summed E-state index contributed by atoms with van der Waals surface area (Å²) in [6.45, 7) is 0. The summed E-state index contributed by atoms with van der Waals surface area (Å²) in [4.78, 5) is 4.94. The maximum atomic E-state index is 2.37. The van der Waals surface area contributed by atoms with E-state index in [9.17, 15) is 0 Å². The lowest BCUT2D eigenvalue weighted by atomic mass is 10.1. The molecule has 0 saturated carbocycles. The van der Waals surface area contributed by atoms with Gasteiger partial charge in [-0.1, -0.05) is 54.2 Å². The topological polar surface area (TPSA) is 8.17 Å². The van der Waals surface area contributed by atoms with Crippen LogP contribution < -0.4 is 4.90 Å². The molecule has 1 aliphatic rings. The normalized spacial score (nSPS) is 12.8. The summed E-state index contributed by atoms with van der Waals surface area (Å²) in [5, 5.41) is 3.96. The standard InChI is InChI=1S/C32H20N2S2/c1-4-10-29-24(7-1)25-19-21-17-18-33(28(21)20-32(25)35-29)22-13-15-23(16-14-22)34-26-8-2-5-11-30(26)36-31-12-6-3-9-27(31)34/h1-20H. The molecule has 0 radical (unpaired) electrons. The highest BCUT2D eigenvalue weighted by molar-refractivity contribution is 7.99. The van der Waals surface area contributed by atoms with E-state index >= 15 is 0 Å². The lowest BCUT2D eigenvalue weighted by molar-refractivity contribution is 1.12. The quantitative estimate of drug-likeness (QED) is 0.235. The van der Waals surface area contributed by atoms with Crippen molar-refractivity contribution in [3.05, 3.63) is 121 Å². The van der Waals surface area contributed by atoms with E-state index in [1.807, 2.05) is 23.1 Å². The molecule has 3 heterocycles. The number of hydrogen-bond acceptors (Lipinski definition) is 3. The number of fused-ring (bicyclic) bond motifs is 6. The summed E-state index contributed by atoms with van der Waals surface area (Å²) in [6, 6.07) is 41.9. The van der Waals surface area contributed by atoms with Gasteiger partial charge in [0, 0.05) is 52.9 Å². The second-order valence-corrected chi connectivity index (χ2v) is 11.2. The monoisotopic (exact) mass is 496 g/mol. The molecule has 0 N–H and O–H groups in total. The summed E-state index contributed by atoms with van der Waals surface area (Å²) >= 11 is 3.71. The number of anilines is 3. The van der Waals surface area contributed by atoms with Crippen LogP contribution in [0.15, 0.2) is 131 Å². The average molecular weight is 497 g/mol. The maximum absolute atomic E-state index is 2.37. The molecule has 0 aliphatic carbocycles. The molecule has 2 nitrogen and oxygen atoms in total. The first-order chi connectivity index (χ1) is 17.8. The molecule has 0 saturated heterocycles. The van der Waals surface area contributed by atoms with Crippen molar-refractivity contribution in [1.82, 2.24) is 4.57 Å². The molecule has 7 aromatic rings. The Hall–Kier alpha value is -3.99. The van der Waals surface area contributed by atoms with Crippen molar-refractivity contribution in [1.29, 1.82) is 0 Å². The first kappa shape index (κ1) is 20.2. The van der Waals surface area contributed by atoms with Gasteiger partial charge in [-0.25, -0.2) is 0 Å². The predicted octanol–water partition coefficient (Wildman–Crippen LogP) is 9.93. The molecule has 0 fully saturated rings. The molecule has 1 aliphatic heterocycles. The van der Waals surface area contributed by atoms with E-state index in [-0.39, 0.29) is 0 Å². The van der Waals surface area contributed by atoms with Crippen LogP contribution in [-0.2, 0) is 0 Å². The molecule has 0 amide bonds. The van der Waals surface area contributed by atoms with Crippen molar-refractivity contribution < 1.29 is 0 Å². The van der Waals surface area contributed by atoms with Crippen LogP contribution in [0.4, 0.5) is 17.1 Å². The van der Waals surface area contributed by atoms with E-state index in [1.54, 1.807) is 0 Å². The van der Waals surface area contributed by atoms with Crippen LogP contribution in [0, 0.1) is 0 Å². The predicted molar refractivity (Wildman–Crippen MR) is 155 cm³/mol. The van der Waals surface area contributed by atoms with Gasteiger partial charge in [-0.2, -0.15) is 0 Å². The molecule has 0 spiro atoms. The highest BCUT2D eigenvalue weighted by Gasteiger charge is 2.24. The van der Waals surface area contributed by atoms with Crippen LogP contribution in [0.1, 0.15) is 0 Å². The third-order valence-corrected chi connectivity index (χ3v) is 9.27. The largest absolute Gasteiger partial charge is 0.317 e. The highest BCUT2D eigenvalue weighted by atomic mass is 32.2. The van der Waals surface area contributed by atoms with Crippen LogP contribution >= 0.6 is 23.1 Å². The van der Waals surface area contributed by atoms with Gasteiger partial charge in [0.2, 0.25) is 0 Å². The summed E-state index contributed by atoms with van der Waals surface area (Å²) in [5.74, 6) is 0. The van der Waals surface area contributed by atoms with E-state index in [0.717, 1.165) is 0 Å². The van der Waals surface area contributed by atoms with E-state index in [2.05, 4.69) is 131 Å². The van der Waals surface area contributed by atoms with Crippen molar-refractivity contribution in [2.75, 3.05) is 4.90 Å². The van der Waals surface area contributed by atoms with Crippen LogP contribution in [0.2, 0.25) is 0 Å². The van der Waals surface area contributed by atoms with E-state index < -0.39 is 0 Å². The number of hydrogen-bond donors (Lipinski definition) is 0. The fourth-order valence-corrected chi connectivity index (χ4v) is 7.50. The van der Waals surface area contributed by atoms with Gasteiger partial charge in [-0.05, 0) is 72.8 Å². The minimum absolute atomic E-state index is 1.17. The number of nitrogens with zero attached hydrogens (tertiary/aromatic N) is 2. The summed E-state index contributed by atoms with van der Waals surface area (Å²) in [6.07, 6.45) is 2.19. The highest BCUT2D eigenvalue weighted by Crippen LogP contribution is 2.51. The Bertz CT molecular complexity index is 1880. The molecule has 0 bridgehead atoms. The Balaban J connectivity index is 1.24. The minimum atomic E-state index is 1.17. The van der Waals surface area contributed by atoms with Crippen LogP contribution in [0.25, 0.3) is 36.8 Å². The fourth-order valence-electron chi connectivity index (χ4n) is 5.32. The number of aromatic nitrogens is 1. The fraction of sp³-hybridized carbons (Fsp3) is 0. The summed E-state index contributed by atoms with van der Waals surface area (Å²) < 4.78 is 4.98. The molecular weight excluding hydrogens is 477 g/mol. The second kappa shape index (κ2) is 7.76. The molecule has 0 unspecified atom stereocenters. The number of benzene rings is 5. The average Bonchev–Trinajstić information content (AvgIpc) is 3.51. The van der Waals surface area contributed by atoms with Crippen LogP contribution in [-0.4, -0.2) is 4.57 Å². The number of thiophene rings is 1. The van der Waals surface area contributed by atoms with Crippen molar-refractivity contribution in [2.24, 2.45) is 0 Å². The Morgan fingerprint density at radius 3 is 1.97 bits per heavy atom. The molecular formula is C32H20N2S2. The van der Waals surface area contributed by atoms with Gasteiger partial charge in [-0.3, -0.25) is 0 Å². The summed E-state index contributed by atoms with van der Waals surface area (Å²) in [5.41, 5.74) is 6.04. The number of rotatable bonds is 2. The molecule has 36 heavy (non-hydrogen) atoms. The van der Waals surface area contributed by atoms with Crippen molar-refractivity contribution >= 4 is 71.2 Å². The van der Waals surface area contributed by atoms with Gasteiger partial charge in [0.25, 0.3) is 0 Å². The zero-order chi connectivity index (χ0) is 23.6. The minimum Gasteiger partial charge on any atom is -0.317 e. The molecule has 170 valence electrons. The van der Waals surface area contributed by atoms with Gasteiger partial charge in [0.05, 0.1) is 16.9 Å². The first-order valence-corrected chi connectivity index (χ1v) is 13.7. The van der Waals surface area contributed by atoms with Gasteiger partial charge in [0.15, 0.2) is 0 Å². The first-order valence-electron chi connectivity index (χ1n) is 12.0. The molecule has 2 aromatic heterocycles. The summed E-state index contributed by atoms with van der Waals surface area (Å²) in [7, 11) is 0. The van der Waals surface area contributed by atoms with E-state index in [0.29, 0.717) is 0 Å². The van der Waals surface area contributed by atoms with Gasteiger partial charge in [-0.15, -0.1) is 11.3 Å². The molecule has 4 heteroatoms. The van der Waals surface area contributed by atoms with Gasteiger partial charge >= 0.3 is 0 Å². The van der Waals surface area contributed by atoms with Crippen molar-refractivity contribution in [3.8, 4) is 5.69 Å². The van der Waals surface area contributed by atoms with Crippen LogP contribution in [0.3, 0.4) is 0 Å². The molecule has 0 atom stereocenters. The Morgan fingerprint density at radius 2 is 1.19 bits per heavy atom. The zero-order valence-corrected chi connectivity index (χ0v) is 20.9. The maximum Gasteiger partial charge on any atom is 0.0601 e. The van der Waals surface area contributed by atoms with E-state index in [4.69, 9.17) is 0 Å². The Kier molecular flexibility index (Phi) is 4.36. The Morgan fingerprint density at radius 1 is 0.528 bits per heavy atom. The van der Waals surface area contributed by atoms with E-state index in [1.165, 1.54) is 63.6 Å². The third kappa shape index (κ3) is 2.98. The smallest absolute Gasteiger partial charge is 0.0601 e. The SMILES string of the molecule is c1ccc2c(c1)Sc1ccccc1N2c1ccc(-n2ccc3cc4c(cc32)sc2ccccc24)cc1. The third-order valence-electron chi connectivity index (χ3n) is 7.01. The van der Waals surface area contributed by atoms with Crippen molar-refractivity contribution in [2.45, 2.75) is 9.79 Å². The van der Waals surface area contributed by atoms with Gasteiger partial charge in [0.1, 0.15) is 0 Å². The molecule has 8 rings (SSSR count). The second-order valence-electron chi connectivity index (χ2n) is 9.08. The zero-order valence-electron chi connectivity index (χ0n) is 19.3. The van der Waals surface area contributed by atoms with Crippen molar-refractivity contribution in [3.63, 3.8) is 0 Å². The lowest BCUT2D eigenvalue weighted by Crippen LogP contribution is -2.14.